The molecular formula is C29H34N4O2. The van der Waals surface area contributed by atoms with E-state index in [1.165, 1.54) is 12.1 Å². The Kier molecular flexibility index (Phi) is 6.98. The Morgan fingerprint density at radius 3 is 2.57 bits per heavy atom. The van der Waals surface area contributed by atoms with E-state index in [4.69, 9.17) is 4.98 Å². The lowest BCUT2D eigenvalue weighted by molar-refractivity contribution is 0.0655. The monoisotopic (exact) mass is 470 g/mol. The molecule has 2 heterocycles. The number of amides is 2. The maximum atomic E-state index is 13.5. The lowest BCUT2D eigenvalue weighted by atomic mass is 9.94. The van der Waals surface area contributed by atoms with E-state index in [9.17, 15) is 9.59 Å². The van der Waals surface area contributed by atoms with Crippen LogP contribution in [0.25, 0.3) is 10.9 Å². The average molecular weight is 471 g/mol. The number of pyridine rings is 1. The van der Waals surface area contributed by atoms with Crippen LogP contribution < -0.4 is 10.2 Å². The van der Waals surface area contributed by atoms with Crippen LogP contribution in [0, 0.1) is 0 Å². The van der Waals surface area contributed by atoms with Crippen molar-refractivity contribution < 1.29 is 9.59 Å². The number of hydrogen-bond donors (Lipinski definition) is 1. The normalized spacial score (nSPS) is 15.9. The lowest BCUT2D eigenvalue weighted by Crippen LogP contribution is -2.37. The van der Waals surface area contributed by atoms with Gasteiger partial charge in [-0.25, -0.2) is 4.98 Å². The second-order valence-electron chi connectivity index (χ2n) is 9.58. The Balaban J connectivity index is 1.33. The van der Waals surface area contributed by atoms with Crippen LogP contribution >= 0.6 is 0 Å². The number of rotatable bonds is 8. The van der Waals surface area contributed by atoms with Gasteiger partial charge < -0.3 is 15.1 Å². The smallest absolute Gasteiger partial charge is 0.273 e. The van der Waals surface area contributed by atoms with E-state index in [0.29, 0.717) is 29.9 Å². The SMILES string of the molecule is CCN(CCCNC(=O)c1c2c(nc3ccccc13)C(=O)N(C1CCCCC1)C2)c1ccccc1. The van der Waals surface area contributed by atoms with Gasteiger partial charge in [0.1, 0.15) is 5.69 Å². The largest absolute Gasteiger partial charge is 0.372 e. The number of nitrogens with one attached hydrogen (secondary N) is 1. The Bertz CT molecular complexity index is 1200. The van der Waals surface area contributed by atoms with Crippen molar-refractivity contribution in [3.63, 3.8) is 0 Å². The summed E-state index contributed by atoms with van der Waals surface area (Å²) in [5.41, 5.74) is 3.77. The third-order valence-electron chi connectivity index (χ3n) is 7.42. The summed E-state index contributed by atoms with van der Waals surface area (Å²) >= 11 is 0. The van der Waals surface area contributed by atoms with Crippen molar-refractivity contribution in [2.75, 3.05) is 24.5 Å². The second-order valence-corrected chi connectivity index (χ2v) is 9.58. The molecule has 0 unspecified atom stereocenters. The minimum atomic E-state index is -0.110. The Labute approximate surface area is 207 Å². The van der Waals surface area contributed by atoms with Crippen molar-refractivity contribution >= 4 is 28.4 Å². The molecule has 6 heteroatoms. The van der Waals surface area contributed by atoms with E-state index in [1.54, 1.807) is 0 Å². The van der Waals surface area contributed by atoms with Gasteiger partial charge in [0.25, 0.3) is 11.8 Å². The maximum Gasteiger partial charge on any atom is 0.273 e. The van der Waals surface area contributed by atoms with E-state index in [2.05, 4.69) is 29.3 Å². The number of carbonyl (C=O) groups excluding carboxylic acids is 2. The van der Waals surface area contributed by atoms with Crippen LogP contribution in [0.1, 0.15) is 71.9 Å². The molecule has 1 aliphatic heterocycles. The molecule has 2 amide bonds. The van der Waals surface area contributed by atoms with Gasteiger partial charge in [0.05, 0.1) is 11.1 Å². The fourth-order valence-corrected chi connectivity index (χ4v) is 5.58. The van der Waals surface area contributed by atoms with Crippen molar-refractivity contribution in [2.45, 2.75) is 58.0 Å². The van der Waals surface area contributed by atoms with Crippen LogP contribution in [-0.4, -0.2) is 47.4 Å². The number of hydrogen-bond acceptors (Lipinski definition) is 4. The molecule has 1 aromatic heterocycles. The van der Waals surface area contributed by atoms with Crippen molar-refractivity contribution in [3.8, 4) is 0 Å². The highest BCUT2D eigenvalue weighted by Gasteiger charge is 2.37. The van der Waals surface area contributed by atoms with Gasteiger partial charge in [-0.2, -0.15) is 0 Å². The van der Waals surface area contributed by atoms with Gasteiger partial charge in [-0.1, -0.05) is 55.7 Å². The first-order valence-electron chi connectivity index (χ1n) is 13.0. The molecule has 182 valence electrons. The van der Waals surface area contributed by atoms with Crippen LogP contribution in [0.4, 0.5) is 5.69 Å². The summed E-state index contributed by atoms with van der Waals surface area (Å²) in [4.78, 5) is 35.8. The minimum absolute atomic E-state index is 0.0202. The Hall–Kier alpha value is -3.41. The second kappa shape index (κ2) is 10.5. The maximum absolute atomic E-state index is 13.5. The summed E-state index contributed by atoms with van der Waals surface area (Å²) in [6, 6.07) is 18.3. The third-order valence-corrected chi connectivity index (χ3v) is 7.42. The number of carbonyl (C=O) groups is 2. The van der Waals surface area contributed by atoms with Crippen LogP contribution in [0.3, 0.4) is 0 Å². The van der Waals surface area contributed by atoms with Gasteiger partial charge in [0.15, 0.2) is 0 Å². The molecule has 5 rings (SSSR count). The molecule has 0 spiro atoms. The predicted octanol–water partition coefficient (Wildman–Crippen LogP) is 5.17. The quantitative estimate of drug-likeness (QED) is 0.461. The number of anilines is 1. The summed E-state index contributed by atoms with van der Waals surface area (Å²) in [7, 11) is 0. The summed E-state index contributed by atoms with van der Waals surface area (Å²) in [5, 5.41) is 3.96. The molecule has 6 nitrogen and oxygen atoms in total. The van der Waals surface area contributed by atoms with Gasteiger partial charge in [-0.05, 0) is 44.4 Å². The number of nitrogens with zero attached hydrogens (tertiary/aromatic N) is 3. The fraction of sp³-hybridized carbons (Fsp3) is 0.414. The predicted molar refractivity (Wildman–Crippen MR) is 140 cm³/mol. The van der Waals surface area contributed by atoms with Crippen molar-refractivity contribution in [2.24, 2.45) is 0 Å². The molecule has 1 fully saturated rings. The lowest BCUT2D eigenvalue weighted by Gasteiger charge is -2.30. The van der Waals surface area contributed by atoms with E-state index in [0.717, 1.165) is 56.1 Å². The summed E-state index contributed by atoms with van der Waals surface area (Å²) in [5.74, 6) is -0.131. The number of aromatic nitrogens is 1. The summed E-state index contributed by atoms with van der Waals surface area (Å²) in [6.07, 6.45) is 6.47. The molecular weight excluding hydrogens is 436 g/mol. The summed E-state index contributed by atoms with van der Waals surface area (Å²) < 4.78 is 0. The number of benzene rings is 2. The van der Waals surface area contributed by atoms with Crippen molar-refractivity contribution in [1.82, 2.24) is 15.2 Å². The minimum Gasteiger partial charge on any atom is -0.372 e. The van der Waals surface area contributed by atoms with Gasteiger partial charge >= 0.3 is 0 Å². The van der Waals surface area contributed by atoms with Crippen LogP contribution in [0.2, 0.25) is 0 Å². The van der Waals surface area contributed by atoms with E-state index in [-0.39, 0.29) is 17.9 Å². The third kappa shape index (κ3) is 4.75. The first-order valence-corrected chi connectivity index (χ1v) is 13.0. The van der Waals surface area contributed by atoms with E-state index in [1.807, 2.05) is 47.4 Å². The molecule has 2 aliphatic rings. The molecule has 0 radical (unpaired) electrons. The first kappa shape index (κ1) is 23.3. The van der Waals surface area contributed by atoms with Crippen LogP contribution in [-0.2, 0) is 6.54 Å². The standard InChI is InChI=1S/C29H34N4O2/c1-2-32(21-12-5-3-6-13-21)19-11-18-30-28(34)26-23-16-9-10-17-25(23)31-27-24(26)20-33(29(27)35)22-14-7-4-8-15-22/h3,5-6,9-10,12-13,16-17,22H,2,4,7-8,11,14-15,18-20H2,1H3,(H,30,34). The zero-order chi connectivity index (χ0) is 24.2. The molecule has 1 saturated carbocycles. The molecule has 3 aromatic rings. The summed E-state index contributed by atoms with van der Waals surface area (Å²) in [6.45, 7) is 4.99. The van der Waals surface area contributed by atoms with Gasteiger partial charge in [-0.3, -0.25) is 9.59 Å². The highest BCUT2D eigenvalue weighted by atomic mass is 16.2. The average Bonchev–Trinajstić information content (AvgIpc) is 3.24. The number of para-hydroxylation sites is 2. The van der Waals surface area contributed by atoms with Crippen LogP contribution in [0.5, 0.6) is 0 Å². The molecule has 1 N–H and O–H groups in total. The molecule has 0 bridgehead atoms. The molecule has 1 aliphatic carbocycles. The molecule has 2 aromatic carbocycles. The van der Waals surface area contributed by atoms with Gasteiger partial charge in [0.2, 0.25) is 0 Å². The highest BCUT2D eigenvalue weighted by Crippen LogP contribution is 2.34. The molecule has 35 heavy (non-hydrogen) atoms. The van der Waals surface area contributed by atoms with Gasteiger partial charge in [0, 0.05) is 48.9 Å². The van der Waals surface area contributed by atoms with Crippen LogP contribution in [0.15, 0.2) is 54.6 Å². The Morgan fingerprint density at radius 2 is 1.80 bits per heavy atom. The molecule has 0 atom stereocenters. The van der Waals surface area contributed by atoms with E-state index < -0.39 is 0 Å². The molecule has 0 saturated heterocycles. The zero-order valence-electron chi connectivity index (χ0n) is 20.5. The Morgan fingerprint density at radius 1 is 1.06 bits per heavy atom. The fourth-order valence-electron chi connectivity index (χ4n) is 5.58. The first-order chi connectivity index (χ1) is 17.2. The van der Waals surface area contributed by atoms with E-state index >= 15 is 0 Å². The van der Waals surface area contributed by atoms with Gasteiger partial charge in [-0.15, -0.1) is 0 Å². The zero-order valence-corrected chi connectivity index (χ0v) is 20.5. The van der Waals surface area contributed by atoms with Crippen molar-refractivity contribution in [3.05, 3.63) is 71.4 Å². The topological polar surface area (TPSA) is 65.5 Å². The van der Waals surface area contributed by atoms with Crippen molar-refractivity contribution in [1.29, 1.82) is 0 Å². The number of fused-ring (bicyclic) bond motifs is 2. The highest BCUT2D eigenvalue weighted by molar-refractivity contribution is 6.11.